The maximum atomic E-state index is 15.0. The molecule has 4 aromatic carbocycles. The number of nitrogens with two attached hydrogens (primary N) is 1. The molecule has 0 spiro atoms. The number of carbonyl (C=O) groups is 4. The van der Waals surface area contributed by atoms with Crippen molar-refractivity contribution in [2.24, 2.45) is 5.73 Å². The molecule has 0 radical (unpaired) electrons. The third-order valence-electron chi connectivity index (χ3n) is 12.0. The van der Waals surface area contributed by atoms with E-state index in [0.717, 1.165) is 54.5 Å². The quantitative estimate of drug-likeness (QED) is 0.103. The van der Waals surface area contributed by atoms with Gasteiger partial charge in [-0.05, 0) is 79.8 Å². The highest BCUT2D eigenvalue weighted by Crippen LogP contribution is 2.29. The van der Waals surface area contributed by atoms with Gasteiger partial charge in [0.15, 0.2) is 5.78 Å². The van der Waals surface area contributed by atoms with Gasteiger partial charge in [0, 0.05) is 116 Å². The monoisotopic (exact) mass is 923 g/mol. The summed E-state index contributed by atoms with van der Waals surface area (Å²) in [6.45, 7) is 5.36. The minimum atomic E-state index is -0.611. The maximum absolute atomic E-state index is 15.0. The van der Waals surface area contributed by atoms with Gasteiger partial charge in [0.1, 0.15) is 11.6 Å². The van der Waals surface area contributed by atoms with E-state index in [2.05, 4.69) is 24.5 Å². The molecule has 2 aliphatic rings. The van der Waals surface area contributed by atoms with E-state index in [9.17, 15) is 28.0 Å². The number of esters is 1. The van der Waals surface area contributed by atoms with Crippen LogP contribution < -0.4 is 15.5 Å². The number of anilines is 2. The Morgan fingerprint density at radius 3 is 1.40 bits per heavy atom. The third kappa shape index (κ3) is 12.1. The molecule has 2 fully saturated rings. The number of nitrogens with zero attached hydrogens (tertiary/aromatic N) is 8. The lowest BCUT2D eigenvalue weighted by atomic mass is 10.1. The summed E-state index contributed by atoms with van der Waals surface area (Å²) in [7, 11) is 5.30. The smallest absolute Gasteiger partial charge is 0.337 e. The van der Waals surface area contributed by atoms with Gasteiger partial charge in [0.05, 0.1) is 32.3 Å². The Morgan fingerprint density at radius 1 is 0.574 bits per heavy atom. The Balaban J connectivity index is 0.000000201. The second-order valence-electron chi connectivity index (χ2n) is 16.6. The zero-order valence-electron chi connectivity index (χ0n) is 38.4. The number of rotatable bonds is 11. The highest BCUT2D eigenvalue weighted by Gasteiger charge is 2.28. The molecular formula is C52H55F2N9O5. The summed E-state index contributed by atoms with van der Waals surface area (Å²) < 4.78 is 34.6. The lowest BCUT2D eigenvalue weighted by Crippen LogP contribution is -2.52. The van der Waals surface area contributed by atoms with E-state index >= 15 is 0 Å². The summed E-state index contributed by atoms with van der Waals surface area (Å²) in [6, 6.07) is 30.9. The van der Waals surface area contributed by atoms with Gasteiger partial charge in [-0.15, -0.1) is 0 Å². The van der Waals surface area contributed by atoms with Crippen LogP contribution in [0.4, 0.5) is 29.7 Å². The van der Waals surface area contributed by atoms with Crippen molar-refractivity contribution in [3.8, 4) is 22.3 Å². The maximum Gasteiger partial charge on any atom is 0.337 e. The number of urea groups is 2. The van der Waals surface area contributed by atoms with Gasteiger partial charge in [0.25, 0.3) is 0 Å². The Bertz CT molecular complexity index is 2510. The summed E-state index contributed by atoms with van der Waals surface area (Å²) in [4.78, 5) is 70.3. The molecule has 2 aromatic heterocycles. The van der Waals surface area contributed by atoms with E-state index in [1.54, 1.807) is 56.5 Å². The third-order valence-corrected chi connectivity index (χ3v) is 12.0. The van der Waals surface area contributed by atoms with Gasteiger partial charge in [-0.25, -0.2) is 23.2 Å². The molecule has 2 saturated heterocycles. The number of ketones is 1. The van der Waals surface area contributed by atoms with Crippen molar-refractivity contribution >= 4 is 35.2 Å². The fraction of sp³-hybridized carbons (Fsp3) is 0.269. The zero-order chi connectivity index (χ0) is 48.2. The number of amides is 4. The molecule has 8 rings (SSSR count). The minimum Gasteiger partial charge on any atom is -0.465 e. The molecule has 0 saturated carbocycles. The molecule has 6 aromatic rings. The molecule has 14 nitrogen and oxygen atoms in total. The number of halogens is 2. The van der Waals surface area contributed by atoms with Gasteiger partial charge in [-0.3, -0.25) is 24.6 Å². The molecule has 4 amide bonds. The van der Waals surface area contributed by atoms with Crippen molar-refractivity contribution < 1.29 is 32.7 Å². The molecule has 0 bridgehead atoms. The number of methoxy groups -OCH3 is 1. The Morgan fingerprint density at radius 2 is 1.00 bits per heavy atom. The summed E-state index contributed by atoms with van der Waals surface area (Å²) >= 11 is 0. The number of pyridine rings is 2. The zero-order valence-corrected chi connectivity index (χ0v) is 38.4. The van der Waals surface area contributed by atoms with Gasteiger partial charge < -0.3 is 30.1 Å². The first-order valence-corrected chi connectivity index (χ1v) is 22.3. The number of hydrogen-bond acceptors (Lipinski definition) is 10. The van der Waals surface area contributed by atoms with Crippen LogP contribution in [0, 0.1) is 11.6 Å². The van der Waals surface area contributed by atoms with Crippen LogP contribution in [0.25, 0.3) is 22.3 Å². The summed E-state index contributed by atoms with van der Waals surface area (Å²) in [5, 5.41) is 0. The van der Waals surface area contributed by atoms with Crippen LogP contribution in [-0.2, 0) is 17.8 Å². The summed E-state index contributed by atoms with van der Waals surface area (Å²) in [5.41, 5.74) is 11.4. The molecule has 0 unspecified atom stereocenters. The molecule has 2 N–H and O–H groups in total. The van der Waals surface area contributed by atoms with Crippen molar-refractivity contribution in [3.05, 3.63) is 168 Å². The number of benzene rings is 4. The first-order valence-electron chi connectivity index (χ1n) is 22.3. The molecule has 352 valence electrons. The average Bonchev–Trinajstić information content (AvgIpc) is 3.38. The first-order chi connectivity index (χ1) is 32.9. The van der Waals surface area contributed by atoms with E-state index in [-0.39, 0.29) is 48.6 Å². The Hall–Kier alpha value is -7.40. The fourth-order valence-electron chi connectivity index (χ4n) is 7.88. The fourth-order valence-corrected chi connectivity index (χ4v) is 7.88. The summed E-state index contributed by atoms with van der Waals surface area (Å²) in [5.74, 6) is -2.05. The number of hydrogen-bond donors (Lipinski definition) is 1. The molecule has 0 atom stereocenters. The van der Waals surface area contributed by atoms with E-state index < -0.39 is 17.6 Å². The van der Waals surface area contributed by atoms with Gasteiger partial charge in [-0.2, -0.15) is 0 Å². The lowest BCUT2D eigenvalue weighted by molar-refractivity contribution is 0.0600. The highest BCUT2D eigenvalue weighted by molar-refractivity contribution is 5.98. The molecular weight excluding hydrogens is 869 g/mol. The minimum absolute atomic E-state index is 0.0228. The SMILES string of the molecule is CN1CCN(C(=O)N(Cc2ccc(C(=O)CN)cc2F)c2cccc(-c3cccnc3)c2)CC1.COC(=O)c1ccc(CN(C(=O)N2CCN(C)CC2)c2cccc(-c3cccnc3)c2)c(F)c1. The van der Waals surface area contributed by atoms with Crippen molar-refractivity contribution in [2.75, 3.05) is 89.9 Å². The van der Waals surface area contributed by atoms with Crippen molar-refractivity contribution in [1.82, 2.24) is 29.6 Å². The number of likely N-dealkylation sites (N-methyl/N-ethyl adjacent to an activating group) is 2. The number of carbonyl (C=O) groups excluding carboxylic acids is 4. The van der Waals surface area contributed by atoms with Crippen molar-refractivity contribution in [3.63, 3.8) is 0 Å². The number of aromatic nitrogens is 2. The van der Waals surface area contributed by atoms with E-state index in [4.69, 9.17) is 5.73 Å². The molecule has 68 heavy (non-hydrogen) atoms. The van der Waals surface area contributed by atoms with Crippen LogP contribution in [0.3, 0.4) is 0 Å². The van der Waals surface area contributed by atoms with Crippen LogP contribution in [0.2, 0.25) is 0 Å². The predicted molar refractivity (Wildman–Crippen MR) is 258 cm³/mol. The van der Waals surface area contributed by atoms with Crippen molar-refractivity contribution in [1.29, 1.82) is 0 Å². The number of Topliss-reactive ketones (excluding diaryl/α,β-unsaturated/α-hetero) is 1. The second-order valence-corrected chi connectivity index (χ2v) is 16.6. The van der Waals surface area contributed by atoms with Crippen LogP contribution in [-0.4, -0.2) is 133 Å². The summed E-state index contributed by atoms with van der Waals surface area (Å²) in [6.07, 6.45) is 6.94. The van der Waals surface area contributed by atoms with Gasteiger partial charge >= 0.3 is 18.0 Å². The van der Waals surface area contributed by atoms with E-state index in [1.807, 2.05) is 86.9 Å². The normalized spacial score (nSPS) is 14.1. The van der Waals surface area contributed by atoms with Crippen molar-refractivity contribution in [2.45, 2.75) is 13.1 Å². The predicted octanol–water partition coefficient (Wildman–Crippen LogP) is 7.45. The molecule has 2 aliphatic heterocycles. The van der Waals surface area contributed by atoms with Crippen LogP contribution in [0.1, 0.15) is 31.8 Å². The van der Waals surface area contributed by atoms with Gasteiger partial charge in [0.2, 0.25) is 0 Å². The lowest BCUT2D eigenvalue weighted by Gasteiger charge is -2.36. The largest absolute Gasteiger partial charge is 0.465 e. The van der Waals surface area contributed by atoms with Crippen LogP contribution >= 0.6 is 0 Å². The van der Waals surface area contributed by atoms with E-state index in [1.165, 1.54) is 25.3 Å². The number of piperazine rings is 2. The number of ether oxygens (including phenoxy) is 1. The highest BCUT2D eigenvalue weighted by atomic mass is 19.1. The molecule has 16 heteroatoms. The topological polar surface area (TPSA) is 149 Å². The second kappa shape index (κ2) is 22.9. The molecule has 0 aliphatic carbocycles. The van der Waals surface area contributed by atoms with E-state index in [0.29, 0.717) is 48.7 Å². The van der Waals surface area contributed by atoms with Crippen LogP contribution in [0.15, 0.2) is 134 Å². The Labute approximate surface area is 395 Å². The standard InChI is InChI=1S/C26H28FN5O2.C26H27FN4O3/c1-30-10-12-31(13-11-30)26(34)32(18-22-8-7-20(15-24(22)27)25(33)16-28)23-6-2-4-19(14-23)21-5-3-9-29-17-21;1-29-11-13-30(14-12-29)26(33)31(18-22-9-8-20(16-24(22)27)25(32)34-2)23-7-3-5-19(15-23)21-6-4-10-28-17-21/h2-9,14-15,17H,10-13,16,18,28H2,1H3;3-10,15-17H,11-14,18H2,1-2H3. The molecule has 4 heterocycles. The Kier molecular flexibility index (Phi) is 16.3. The first kappa shape index (κ1) is 48.5. The average molecular weight is 924 g/mol. The van der Waals surface area contributed by atoms with Gasteiger partial charge in [-0.1, -0.05) is 54.6 Å². The van der Waals surface area contributed by atoms with Crippen LogP contribution in [0.5, 0.6) is 0 Å².